The molecule has 3 rings (SSSR count). The number of hydrogen-bond acceptors (Lipinski definition) is 2. The van der Waals surface area contributed by atoms with Crippen LogP contribution in [0.15, 0.2) is 30.3 Å². The molecule has 1 aromatic heterocycles. The van der Waals surface area contributed by atoms with Crippen molar-refractivity contribution in [2.45, 2.75) is 32.9 Å². The van der Waals surface area contributed by atoms with E-state index < -0.39 is 0 Å². The predicted molar refractivity (Wildman–Crippen MR) is 86.5 cm³/mol. The van der Waals surface area contributed by atoms with Gasteiger partial charge in [0.05, 0.1) is 12.6 Å². The summed E-state index contributed by atoms with van der Waals surface area (Å²) in [5, 5.41) is 14.1. The molecule has 1 fully saturated rings. The Bertz CT molecular complexity index is 644. The second kappa shape index (κ2) is 5.65. The molecule has 2 amide bonds. The minimum absolute atomic E-state index is 0.0707. The van der Waals surface area contributed by atoms with Crippen LogP contribution in [0.1, 0.15) is 26.0 Å². The van der Waals surface area contributed by atoms with Gasteiger partial charge in [0.15, 0.2) is 0 Å². The second-order valence-electron chi connectivity index (χ2n) is 6.76. The Kier molecular flexibility index (Phi) is 3.83. The van der Waals surface area contributed by atoms with Crippen LogP contribution in [0.5, 0.6) is 0 Å². The SMILES string of the molecule is CC1(C)CN(C(=O)NCc2cc3ccccc3[nH]2)CCC1O. The molecule has 118 valence electrons. The lowest BCUT2D eigenvalue weighted by Gasteiger charge is -2.41. The van der Waals surface area contributed by atoms with Gasteiger partial charge >= 0.3 is 6.03 Å². The van der Waals surface area contributed by atoms with Crippen molar-refractivity contribution in [1.82, 2.24) is 15.2 Å². The number of urea groups is 1. The summed E-state index contributed by atoms with van der Waals surface area (Å²) in [6.07, 6.45) is 0.289. The molecule has 2 heterocycles. The Morgan fingerprint density at radius 3 is 2.95 bits per heavy atom. The summed E-state index contributed by atoms with van der Waals surface area (Å²) >= 11 is 0. The molecule has 5 heteroatoms. The van der Waals surface area contributed by atoms with Gasteiger partial charge in [0.1, 0.15) is 0 Å². The van der Waals surface area contributed by atoms with E-state index in [1.165, 1.54) is 0 Å². The third-order valence-corrected chi connectivity index (χ3v) is 4.48. The van der Waals surface area contributed by atoms with Gasteiger partial charge in [-0.05, 0) is 23.9 Å². The molecule has 2 aromatic rings. The Labute approximate surface area is 130 Å². The molecule has 1 unspecified atom stereocenters. The number of aliphatic hydroxyl groups excluding tert-OH is 1. The smallest absolute Gasteiger partial charge is 0.317 e. The number of nitrogens with one attached hydrogen (secondary N) is 2. The fourth-order valence-electron chi connectivity index (χ4n) is 3.03. The van der Waals surface area contributed by atoms with Gasteiger partial charge in [0.2, 0.25) is 0 Å². The predicted octanol–water partition coefficient (Wildman–Crippen LogP) is 2.47. The maximum absolute atomic E-state index is 12.3. The molecule has 22 heavy (non-hydrogen) atoms. The molecule has 1 saturated heterocycles. The van der Waals surface area contributed by atoms with Crippen LogP contribution >= 0.6 is 0 Å². The van der Waals surface area contributed by atoms with Crippen molar-refractivity contribution in [2.24, 2.45) is 5.41 Å². The lowest BCUT2D eigenvalue weighted by atomic mass is 9.81. The minimum Gasteiger partial charge on any atom is -0.392 e. The number of piperidine rings is 1. The van der Waals surface area contributed by atoms with Crippen molar-refractivity contribution in [3.63, 3.8) is 0 Å². The van der Waals surface area contributed by atoms with Crippen LogP contribution in [0.25, 0.3) is 10.9 Å². The van der Waals surface area contributed by atoms with E-state index in [-0.39, 0.29) is 17.6 Å². The number of para-hydroxylation sites is 1. The Hall–Kier alpha value is -2.01. The molecular formula is C17H23N3O2. The number of likely N-dealkylation sites (tertiary alicyclic amines) is 1. The van der Waals surface area contributed by atoms with Gasteiger partial charge in [-0.25, -0.2) is 4.79 Å². The zero-order chi connectivity index (χ0) is 15.7. The van der Waals surface area contributed by atoms with E-state index in [4.69, 9.17) is 0 Å². The first-order valence-electron chi connectivity index (χ1n) is 7.73. The van der Waals surface area contributed by atoms with Gasteiger partial charge < -0.3 is 20.3 Å². The molecule has 0 spiro atoms. The van der Waals surface area contributed by atoms with E-state index in [2.05, 4.69) is 16.4 Å². The maximum Gasteiger partial charge on any atom is 0.317 e. The zero-order valence-electron chi connectivity index (χ0n) is 13.1. The van der Waals surface area contributed by atoms with Gasteiger partial charge in [-0.1, -0.05) is 32.0 Å². The average Bonchev–Trinajstić information content (AvgIpc) is 2.90. The van der Waals surface area contributed by atoms with Gasteiger partial charge in [0.25, 0.3) is 0 Å². The van der Waals surface area contributed by atoms with Crippen LogP contribution in [-0.2, 0) is 6.54 Å². The summed E-state index contributed by atoms with van der Waals surface area (Å²) in [7, 11) is 0. The number of aromatic amines is 1. The van der Waals surface area contributed by atoms with Crippen molar-refractivity contribution in [2.75, 3.05) is 13.1 Å². The Morgan fingerprint density at radius 1 is 1.45 bits per heavy atom. The average molecular weight is 301 g/mol. The number of fused-ring (bicyclic) bond motifs is 1. The van der Waals surface area contributed by atoms with E-state index in [9.17, 15) is 9.90 Å². The number of aliphatic hydroxyl groups is 1. The number of H-pyrrole nitrogens is 1. The van der Waals surface area contributed by atoms with Crippen LogP contribution in [0.3, 0.4) is 0 Å². The molecule has 1 aliphatic heterocycles. The first kappa shape index (κ1) is 14.9. The topological polar surface area (TPSA) is 68.4 Å². The zero-order valence-corrected chi connectivity index (χ0v) is 13.1. The summed E-state index contributed by atoms with van der Waals surface area (Å²) < 4.78 is 0. The van der Waals surface area contributed by atoms with E-state index in [1.807, 2.05) is 38.1 Å². The number of nitrogens with zero attached hydrogens (tertiary/aromatic N) is 1. The molecular weight excluding hydrogens is 278 g/mol. The minimum atomic E-state index is -0.342. The number of carbonyl (C=O) groups excluding carboxylic acids is 1. The van der Waals surface area contributed by atoms with Gasteiger partial charge in [-0.2, -0.15) is 0 Å². The maximum atomic E-state index is 12.3. The number of benzene rings is 1. The number of aromatic nitrogens is 1. The fourth-order valence-corrected chi connectivity index (χ4v) is 3.03. The molecule has 0 bridgehead atoms. The largest absolute Gasteiger partial charge is 0.392 e. The normalized spacial score (nSPS) is 21.0. The molecule has 3 N–H and O–H groups in total. The van der Waals surface area contributed by atoms with Crippen LogP contribution in [0, 0.1) is 5.41 Å². The Balaban J connectivity index is 1.60. The van der Waals surface area contributed by atoms with Crippen molar-refractivity contribution < 1.29 is 9.90 Å². The van der Waals surface area contributed by atoms with Crippen LogP contribution in [0.4, 0.5) is 4.79 Å². The summed E-state index contributed by atoms with van der Waals surface area (Å²) in [5.74, 6) is 0. The van der Waals surface area contributed by atoms with E-state index in [0.29, 0.717) is 26.1 Å². The quantitative estimate of drug-likeness (QED) is 0.797. The fraction of sp³-hybridized carbons (Fsp3) is 0.471. The van der Waals surface area contributed by atoms with Crippen molar-refractivity contribution in [3.05, 3.63) is 36.0 Å². The third-order valence-electron chi connectivity index (χ3n) is 4.48. The highest BCUT2D eigenvalue weighted by atomic mass is 16.3. The molecule has 1 atom stereocenters. The second-order valence-corrected chi connectivity index (χ2v) is 6.76. The monoisotopic (exact) mass is 301 g/mol. The lowest BCUT2D eigenvalue weighted by molar-refractivity contribution is -0.0114. The molecule has 0 radical (unpaired) electrons. The first-order valence-corrected chi connectivity index (χ1v) is 7.73. The van der Waals surface area contributed by atoms with E-state index in [0.717, 1.165) is 16.6 Å². The highest BCUT2D eigenvalue weighted by molar-refractivity contribution is 5.80. The number of amides is 2. The molecule has 1 aromatic carbocycles. The molecule has 0 saturated carbocycles. The van der Waals surface area contributed by atoms with Crippen molar-refractivity contribution >= 4 is 16.9 Å². The van der Waals surface area contributed by atoms with Gasteiger partial charge in [0, 0.05) is 29.7 Å². The number of rotatable bonds is 2. The molecule has 1 aliphatic rings. The lowest BCUT2D eigenvalue weighted by Crippen LogP contribution is -2.53. The summed E-state index contributed by atoms with van der Waals surface area (Å²) in [5.41, 5.74) is 1.82. The Morgan fingerprint density at radius 2 is 2.23 bits per heavy atom. The van der Waals surface area contributed by atoms with Gasteiger partial charge in [-0.3, -0.25) is 0 Å². The molecule has 0 aliphatic carbocycles. The first-order chi connectivity index (χ1) is 10.5. The van der Waals surface area contributed by atoms with Crippen molar-refractivity contribution in [1.29, 1.82) is 0 Å². The van der Waals surface area contributed by atoms with Crippen LogP contribution < -0.4 is 5.32 Å². The van der Waals surface area contributed by atoms with E-state index in [1.54, 1.807) is 4.90 Å². The highest BCUT2D eigenvalue weighted by Crippen LogP contribution is 2.29. The van der Waals surface area contributed by atoms with E-state index >= 15 is 0 Å². The summed E-state index contributed by atoms with van der Waals surface area (Å²) in [4.78, 5) is 17.4. The highest BCUT2D eigenvalue weighted by Gasteiger charge is 2.36. The summed E-state index contributed by atoms with van der Waals surface area (Å²) in [6, 6.07) is 10.0. The standard InChI is InChI=1S/C17H23N3O2/c1-17(2)11-20(8-7-15(17)21)16(22)18-10-13-9-12-5-3-4-6-14(12)19-13/h3-6,9,15,19,21H,7-8,10-11H2,1-2H3,(H,18,22). The number of hydrogen-bond donors (Lipinski definition) is 3. The van der Waals surface area contributed by atoms with Crippen molar-refractivity contribution in [3.8, 4) is 0 Å². The summed E-state index contributed by atoms with van der Waals surface area (Å²) in [6.45, 7) is 5.65. The van der Waals surface area contributed by atoms with Gasteiger partial charge in [-0.15, -0.1) is 0 Å². The van der Waals surface area contributed by atoms with Crippen LogP contribution in [-0.4, -0.2) is 40.2 Å². The third kappa shape index (κ3) is 2.95. The number of carbonyl (C=O) groups is 1. The van der Waals surface area contributed by atoms with Crippen LogP contribution in [0.2, 0.25) is 0 Å². The molecule has 5 nitrogen and oxygen atoms in total.